The Balaban J connectivity index is 1.68. The minimum Gasteiger partial charge on any atom is -0.468 e. The van der Waals surface area contributed by atoms with Crippen LogP contribution in [0.2, 0.25) is 0 Å². The van der Waals surface area contributed by atoms with Gasteiger partial charge < -0.3 is 19.9 Å². The second-order valence-corrected chi connectivity index (χ2v) is 8.99. The molecule has 30 heavy (non-hydrogen) atoms. The first-order valence-corrected chi connectivity index (χ1v) is 11.2. The fraction of sp³-hybridized carbons (Fsp3) is 0.773. The number of methoxy groups -OCH3 is 1. The van der Waals surface area contributed by atoms with Gasteiger partial charge in [0.25, 0.3) is 6.01 Å². The Hall–Kier alpha value is -2.09. The summed E-state index contributed by atoms with van der Waals surface area (Å²) in [4.78, 5) is 13.4. The van der Waals surface area contributed by atoms with Crippen molar-refractivity contribution in [2.24, 2.45) is 5.92 Å². The van der Waals surface area contributed by atoms with Gasteiger partial charge in [0.1, 0.15) is 0 Å². The zero-order chi connectivity index (χ0) is 21.7. The molecule has 8 heteroatoms. The molecular formula is C22H37N5O3. The van der Waals surface area contributed by atoms with E-state index in [2.05, 4.69) is 35.7 Å². The maximum Gasteiger partial charge on any atom is 0.320 e. The summed E-state index contributed by atoms with van der Waals surface area (Å²) >= 11 is 0. The Morgan fingerprint density at radius 2 is 2.07 bits per heavy atom. The van der Waals surface area contributed by atoms with Crippen LogP contribution in [0.1, 0.15) is 72.6 Å². The van der Waals surface area contributed by atoms with Crippen molar-refractivity contribution in [2.75, 3.05) is 19.5 Å². The van der Waals surface area contributed by atoms with Crippen LogP contribution in [0.15, 0.2) is 0 Å². The van der Waals surface area contributed by atoms with Crippen LogP contribution in [0.5, 0.6) is 12.0 Å². The molecule has 2 aromatic heterocycles. The molecule has 0 radical (unpaired) electrons. The Bertz CT molecular complexity index is 836. The van der Waals surface area contributed by atoms with Gasteiger partial charge in [0.05, 0.1) is 18.8 Å². The number of nitrogens with zero attached hydrogens (tertiary/aromatic N) is 4. The van der Waals surface area contributed by atoms with Gasteiger partial charge in [-0.2, -0.15) is 15.0 Å². The average Bonchev–Trinajstić information content (AvgIpc) is 3.03. The van der Waals surface area contributed by atoms with Gasteiger partial charge >= 0.3 is 6.01 Å². The number of hydrogen-bond acceptors (Lipinski definition) is 7. The SMILES string of the molecule is CCC[C@@H](C)Oc1nc(N)c2nc(OC)n(CCCCC3CCOC(C)(C)C3)c2n1. The van der Waals surface area contributed by atoms with Crippen molar-refractivity contribution in [1.29, 1.82) is 0 Å². The predicted molar refractivity (Wildman–Crippen MR) is 118 cm³/mol. The number of hydrogen-bond donors (Lipinski definition) is 1. The molecule has 0 bridgehead atoms. The van der Waals surface area contributed by atoms with E-state index < -0.39 is 0 Å². The Morgan fingerprint density at radius 1 is 1.27 bits per heavy atom. The number of imidazole rings is 1. The van der Waals surface area contributed by atoms with E-state index in [0.29, 0.717) is 29.0 Å². The van der Waals surface area contributed by atoms with E-state index in [-0.39, 0.29) is 11.7 Å². The first-order chi connectivity index (χ1) is 14.3. The van der Waals surface area contributed by atoms with E-state index in [1.807, 2.05) is 11.5 Å². The van der Waals surface area contributed by atoms with Gasteiger partial charge in [-0.25, -0.2) is 0 Å². The lowest BCUT2D eigenvalue weighted by Gasteiger charge is -2.35. The highest BCUT2D eigenvalue weighted by atomic mass is 16.5. The lowest BCUT2D eigenvalue weighted by Crippen LogP contribution is -2.33. The molecule has 2 aromatic rings. The largest absolute Gasteiger partial charge is 0.468 e. The maximum atomic E-state index is 6.15. The predicted octanol–water partition coefficient (Wildman–Crippen LogP) is 4.36. The van der Waals surface area contributed by atoms with E-state index in [9.17, 15) is 0 Å². The van der Waals surface area contributed by atoms with Crippen molar-refractivity contribution in [2.45, 2.75) is 90.9 Å². The fourth-order valence-electron chi connectivity index (χ4n) is 4.34. The molecule has 2 N–H and O–H groups in total. The van der Waals surface area contributed by atoms with Gasteiger partial charge in [-0.15, -0.1) is 0 Å². The van der Waals surface area contributed by atoms with Crippen LogP contribution in [-0.4, -0.2) is 44.9 Å². The molecule has 3 rings (SSSR count). The summed E-state index contributed by atoms with van der Waals surface area (Å²) in [6, 6.07) is 0.811. The van der Waals surface area contributed by atoms with Crippen molar-refractivity contribution in [1.82, 2.24) is 19.5 Å². The molecule has 0 aliphatic carbocycles. The zero-order valence-electron chi connectivity index (χ0n) is 19.1. The number of nitrogen functional groups attached to an aromatic ring is 1. The molecule has 2 atom stereocenters. The third kappa shape index (κ3) is 5.53. The van der Waals surface area contributed by atoms with E-state index in [0.717, 1.165) is 57.6 Å². The number of nitrogens with two attached hydrogens (primary N) is 1. The molecular weight excluding hydrogens is 382 g/mol. The smallest absolute Gasteiger partial charge is 0.320 e. The van der Waals surface area contributed by atoms with Crippen LogP contribution in [0.25, 0.3) is 11.2 Å². The molecule has 0 amide bonds. The van der Waals surface area contributed by atoms with Crippen molar-refractivity contribution in [3.63, 3.8) is 0 Å². The number of ether oxygens (including phenoxy) is 3. The molecule has 1 saturated heterocycles. The monoisotopic (exact) mass is 419 g/mol. The summed E-state index contributed by atoms with van der Waals surface area (Å²) in [6.07, 6.45) is 7.66. The number of rotatable bonds is 10. The highest BCUT2D eigenvalue weighted by Crippen LogP contribution is 2.32. The number of fused-ring (bicyclic) bond motifs is 1. The average molecular weight is 420 g/mol. The summed E-state index contributed by atoms with van der Waals surface area (Å²) in [5, 5.41) is 0. The number of unbranched alkanes of at least 4 members (excludes halogenated alkanes) is 1. The van der Waals surface area contributed by atoms with Crippen molar-refractivity contribution in [3.8, 4) is 12.0 Å². The van der Waals surface area contributed by atoms with E-state index in [1.165, 1.54) is 6.42 Å². The van der Waals surface area contributed by atoms with Crippen LogP contribution in [0, 0.1) is 5.92 Å². The van der Waals surface area contributed by atoms with Crippen molar-refractivity contribution in [3.05, 3.63) is 0 Å². The van der Waals surface area contributed by atoms with E-state index >= 15 is 0 Å². The molecule has 0 aromatic carbocycles. The molecule has 1 unspecified atom stereocenters. The summed E-state index contributed by atoms with van der Waals surface area (Å²) in [7, 11) is 1.62. The number of aromatic nitrogens is 4. The molecule has 1 aliphatic rings. The molecule has 1 aliphatic heterocycles. The van der Waals surface area contributed by atoms with Crippen LogP contribution < -0.4 is 15.2 Å². The van der Waals surface area contributed by atoms with Gasteiger partial charge in [-0.05, 0) is 52.4 Å². The second-order valence-electron chi connectivity index (χ2n) is 8.99. The van der Waals surface area contributed by atoms with Crippen molar-refractivity contribution >= 4 is 17.0 Å². The minimum atomic E-state index is 0.00640. The normalized spacial score (nSPS) is 19.7. The molecule has 1 fully saturated rings. The van der Waals surface area contributed by atoms with Gasteiger partial charge in [-0.1, -0.05) is 26.2 Å². The molecule has 168 valence electrons. The van der Waals surface area contributed by atoms with Crippen LogP contribution in [0.4, 0.5) is 5.82 Å². The Morgan fingerprint density at radius 3 is 2.77 bits per heavy atom. The third-order valence-electron chi connectivity index (χ3n) is 5.79. The summed E-state index contributed by atoms with van der Waals surface area (Å²) in [5.41, 5.74) is 7.39. The van der Waals surface area contributed by atoms with E-state index in [1.54, 1.807) is 7.11 Å². The molecule has 0 spiro atoms. The van der Waals surface area contributed by atoms with E-state index in [4.69, 9.17) is 19.9 Å². The summed E-state index contributed by atoms with van der Waals surface area (Å²) in [5.74, 6) is 1.05. The van der Waals surface area contributed by atoms with Gasteiger partial charge in [0.2, 0.25) is 0 Å². The zero-order valence-corrected chi connectivity index (χ0v) is 19.1. The number of anilines is 1. The Kier molecular flexibility index (Phi) is 7.39. The highest BCUT2D eigenvalue weighted by Gasteiger charge is 2.28. The standard InChI is InChI=1S/C22H37N5O3/c1-6-9-15(2)30-20-25-18(23)17-19(26-20)27(21(24-17)28-5)12-8-7-10-16-11-13-29-22(3,4)14-16/h15-16H,6-14H2,1-5H3,(H2,23,25,26)/t15-,16?/m1/s1. The summed E-state index contributed by atoms with van der Waals surface area (Å²) < 4.78 is 19.2. The third-order valence-corrected chi connectivity index (χ3v) is 5.79. The van der Waals surface area contributed by atoms with Crippen LogP contribution >= 0.6 is 0 Å². The molecule has 3 heterocycles. The van der Waals surface area contributed by atoms with Gasteiger partial charge in [0, 0.05) is 13.2 Å². The number of aryl methyl sites for hydroxylation is 1. The topological polar surface area (TPSA) is 97.3 Å². The fourth-order valence-corrected chi connectivity index (χ4v) is 4.34. The Labute approximate surface area is 179 Å². The lowest BCUT2D eigenvalue weighted by molar-refractivity contribution is -0.0738. The quantitative estimate of drug-likeness (QED) is 0.571. The van der Waals surface area contributed by atoms with Gasteiger partial charge in [0.15, 0.2) is 17.0 Å². The first kappa shape index (κ1) is 22.6. The minimum absolute atomic E-state index is 0.00640. The first-order valence-electron chi connectivity index (χ1n) is 11.2. The van der Waals surface area contributed by atoms with Crippen LogP contribution in [-0.2, 0) is 11.3 Å². The maximum absolute atomic E-state index is 6.15. The van der Waals surface area contributed by atoms with Crippen molar-refractivity contribution < 1.29 is 14.2 Å². The molecule has 0 saturated carbocycles. The highest BCUT2D eigenvalue weighted by molar-refractivity contribution is 5.83. The lowest BCUT2D eigenvalue weighted by atomic mass is 9.85. The van der Waals surface area contributed by atoms with Gasteiger partial charge in [-0.3, -0.25) is 4.57 Å². The molecule has 8 nitrogen and oxygen atoms in total. The second kappa shape index (κ2) is 9.81. The van der Waals surface area contributed by atoms with Crippen LogP contribution in [0.3, 0.4) is 0 Å². The summed E-state index contributed by atoms with van der Waals surface area (Å²) in [6.45, 7) is 10.2.